The van der Waals surface area contributed by atoms with Crippen LogP contribution in [-0.2, 0) is 0 Å². The molecule has 0 aliphatic carbocycles. The molecule has 1 fully saturated rings. The molecule has 1 aliphatic rings. The molecular weight excluding hydrogens is 216 g/mol. The van der Waals surface area contributed by atoms with Crippen LogP contribution in [0.25, 0.3) is 0 Å². The molecule has 3 N–H and O–H groups in total. The number of nitrogens with zero attached hydrogens (tertiary/aromatic N) is 2. The molecule has 1 saturated heterocycles. The summed E-state index contributed by atoms with van der Waals surface area (Å²) in [5.41, 5.74) is 5.55. The minimum Gasteiger partial charge on any atom is -0.338 e. The number of nitrogens with one attached hydrogen (secondary N) is 1. The topological polar surface area (TPSA) is 61.6 Å². The Balaban J connectivity index is 2.27. The van der Waals surface area contributed by atoms with Crippen molar-refractivity contribution < 1.29 is 4.79 Å². The maximum Gasteiger partial charge on any atom is 0.317 e. The molecule has 0 bridgehead atoms. The summed E-state index contributed by atoms with van der Waals surface area (Å²) in [5.74, 6) is 0. The Morgan fingerprint density at radius 2 is 2.12 bits per heavy atom. The monoisotopic (exact) mass is 242 g/mol. The molecule has 0 unspecified atom stereocenters. The minimum absolute atomic E-state index is 0.0908. The summed E-state index contributed by atoms with van der Waals surface area (Å²) < 4.78 is 0. The summed E-state index contributed by atoms with van der Waals surface area (Å²) in [6, 6.07) is 0.0908. The van der Waals surface area contributed by atoms with Crippen LogP contribution in [0, 0.1) is 0 Å². The van der Waals surface area contributed by atoms with E-state index in [-0.39, 0.29) is 6.03 Å². The second-order valence-electron chi connectivity index (χ2n) is 4.56. The second kappa shape index (κ2) is 8.31. The van der Waals surface area contributed by atoms with E-state index >= 15 is 0 Å². The maximum atomic E-state index is 11.9. The maximum absolute atomic E-state index is 11.9. The lowest BCUT2D eigenvalue weighted by Gasteiger charge is -2.21. The minimum atomic E-state index is 0.0908. The third-order valence-electron chi connectivity index (χ3n) is 3.13. The van der Waals surface area contributed by atoms with Gasteiger partial charge in [-0.15, -0.1) is 0 Å². The van der Waals surface area contributed by atoms with E-state index in [0.717, 1.165) is 58.5 Å². The highest BCUT2D eigenvalue weighted by Crippen LogP contribution is 2.02. The SMILES string of the molecule is CCCCNC(=O)N1CCCN(CCN)CC1. The Labute approximate surface area is 104 Å². The van der Waals surface area contributed by atoms with E-state index < -0.39 is 0 Å². The van der Waals surface area contributed by atoms with E-state index in [1.54, 1.807) is 0 Å². The van der Waals surface area contributed by atoms with Crippen molar-refractivity contribution >= 4 is 6.03 Å². The van der Waals surface area contributed by atoms with Crippen molar-refractivity contribution in [2.45, 2.75) is 26.2 Å². The van der Waals surface area contributed by atoms with Crippen LogP contribution in [0.15, 0.2) is 0 Å². The Kier molecular flexibility index (Phi) is 6.96. The number of rotatable bonds is 5. The quantitative estimate of drug-likeness (QED) is 0.689. The van der Waals surface area contributed by atoms with Crippen LogP contribution in [0.2, 0.25) is 0 Å². The lowest BCUT2D eigenvalue weighted by Crippen LogP contribution is -2.42. The first-order valence-electron chi connectivity index (χ1n) is 6.73. The summed E-state index contributed by atoms with van der Waals surface area (Å²) in [5, 5.41) is 2.97. The van der Waals surface area contributed by atoms with Gasteiger partial charge < -0.3 is 20.9 Å². The standard InChI is InChI=1S/C12H26N4O/c1-2-3-6-14-12(17)16-8-4-7-15(9-5-13)10-11-16/h2-11,13H2,1H3,(H,14,17). The van der Waals surface area contributed by atoms with Crippen molar-refractivity contribution in [2.24, 2.45) is 5.73 Å². The fraction of sp³-hybridized carbons (Fsp3) is 0.917. The third kappa shape index (κ3) is 5.37. The van der Waals surface area contributed by atoms with E-state index in [2.05, 4.69) is 17.1 Å². The van der Waals surface area contributed by atoms with Crippen LogP contribution in [0.5, 0.6) is 0 Å². The third-order valence-corrected chi connectivity index (χ3v) is 3.13. The van der Waals surface area contributed by atoms with Crippen LogP contribution in [-0.4, -0.2) is 61.6 Å². The zero-order valence-corrected chi connectivity index (χ0v) is 11.0. The Hall–Kier alpha value is -0.810. The van der Waals surface area contributed by atoms with Gasteiger partial charge in [-0.3, -0.25) is 0 Å². The number of urea groups is 1. The van der Waals surface area contributed by atoms with Crippen LogP contribution in [0.4, 0.5) is 4.79 Å². The van der Waals surface area contributed by atoms with Gasteiger partial charge in [0.25, 0.3) is 0 Å². The van der Waals surface area contributed by atoms with Gasteiger partial charge >= 0.3 is 6.03 Å². The second-order valence-corrected chi connectivity index (χ2v) is 4.56. The van der Waals surface area contributed by atoms with E-state index in [1.807, 2.05) is 4.90 Å². The largest absolute Gasteiger partial charge is 0.338 e. The normalized spacial score (nSPS) is 17.9. The average molecular weight is 242 g/mol. The molecule has 0 saturated carbocycles. The van der Waals surface area contributed by atoms with Crippen LogP contribution < -0.4 is 11.1 Å². The zero-order valence-electron chi connectivity index (χ0n) is 11.0. The fourth-order valence-electron chi connectivity index (χ4n) is 2.06. The van der Waals surface area contributed by atoms with Gasteiger partial charge in [-0.1, -0.05) is 13.3 Å². The van der Waals surface area contributed by atoms with Crippen molar-refractivity contribution in [2.75, 3.05) is 45.8 Å². The van der Waals surface area contributed by atoms with Crippen molar-refractivity contribution in [3.8, 4) is 0 Å². The Morgan fingerprint density at radius 1 is 1.29 bits per heavy atom. The number of nitrogens with two attached hydrogens (primary N) is 1. The molecule has 0 radical (unpaired) electrons. The Bertz CT molecular complexity index is 223. The molecule has 1 aliphatic heterocycles. The first-order chi connectivity index (χ1) is 8.27. The average Bonchev–Trinajstić information content (AvgIpc) is 2.55. The Morgan fingerprint density at radius 3 is 2.82 bits per heavy atom. The van der Waals surface area contributed by atoms with Crippen molar-refractivity contribution in [1.29, 1.82) is 0 Å². The van der Waals surface area contributed by atoms with Crippen LogP contribution in [0.3, 0.4) is 0 Å². The molecule has 0 atom stereocenters. The van der Waals surface area contributed by atoms with Crippen molar-refractivity contribution in [3.05, 3.63) is 0 Å². The van der Waals surface area contributed by atoms with Gasteiger partial charge in [-0.05, 0) is 19.4 Å². The number of carbonyl (C=O) groups is 1. The van der Waals surface area contributed by atoms with E-state index in [1.165, 1.54) is 0 Å². The molecule has 1 heterocycles. The molecule has 0 aromatic carbocycles. The van der Waals surface area contributed by atoms with Gasteiger partial charge in [0.2, 0.25) is 0 Å². The highest BCUT2D eigenvalue weighted by molar-refractivity contribution is 5.74. The number of hydrogen-bond acceptors (Lipinski definition) is 3. The lowest BCUT2D eigenvalue weighted by atomic mass is 10.3. The smallest absolute Gasteiger partial charge is 0.317 e. The van der Waals surface area contributed by atoms with Crippen LogP contribution in [0.1, 0.15) is 26.2 Å². The molecule has 5 nitrogen and oxygen atoms in total. The van der Waals surface area contributed by atoms with Crippen molar-refractivity contribution in [3.63, 3.8) is 0 Å². The summed E-state index contributed by atoms with van der Waals surface area (Å²) >= 11 is 0. The predicted molar refractivity (Wildman–Crippen MR) is 70.0 cm³/mol. The molecule has 100 valence electrons. The van der Waals surface area contributed by atoms with Gasteiger partial charge in [0.15, 0.2) is 0 Å². The van der Waals surface area contributed by atoms with Gasteiger partial charge in [-0.2, -0.15) is 0 Å². The summed E-state index contributed by atoms with van der Waals surface area (Å²) in [6.07, 6.45) is 3.21. The highest BCUT2D eigenvalue weighted by Gasteiger charge is 2.17. The predicted octanol–water partition coefficient (Wildman–Crippen LogP) is 0.463. The molecule has 0 aromatic heterocycles. The van der Waals surface area contributed by atoms with Crippen LogP contribution >= 0.6 is 0 Å². The first-order valence-corrected chi connectivity index (χ1v) is 6.73. The van der Waals surface area contributed by atoms with E-state index in [4.69, 9.17) is 5.73 Å². The molecule has 17 heavy (non-hydrogen) atoms. The molecule has 1 rings (SSSR count). The lowest BCUT2D eigenvalue weighted by molar-refractivity contribution is 0.198. The molecule has 0 spiro atoms. The zero-order chi connectivity index (χ0) is 12.5. The number of hydrogen-bond donors (Lipinski definition) is 2. The highest BCUT2D eigenvalue weighted by atomic mass is 16.2. The van der Waals surface area contributed by atoms with E-state index in [9.17, 15) is 4.79 Å². The van der Waals surface area contributed by atoms with Gasteiger partial charge in [0.1, 0.15) is 0 Å². The number of unbranched alkanes of at least 4 members (excludes halogenated alkanes) is 1. The number of carbonyl (C=O) groups excluding carboxylic acids is 1. The molecule has 2 amide bonds. The summed E-state index contributed by atoms with van der Waals surface area (Å²) in [6.45, 7) is 8.22. The molecular formula is C12H26N4O. The van der Waals surface area contributed by atoms with Gasteiger partial charge in [0.05, 0.1) is 0 Å². The molecule has 0 aromatic rings. The first kappa shape index (κ1) is 14.3. The molecule has 5 heteroatoms. The fourth-order valence-corrected chi connectivity index (χ4v) is 2.06. The van der Waals surface area contributed by atoms with Crippen molar-refractivity contribution in [1.82, 2.24) is 15.1 Å². The van der Waals surface area contributed by atoms with E-state index in [0.29, 0.717) is 6.54 Å². The number of amides is 2. The summed E-state index contributed by atoms with van der Waals surface area (Å²) in [4.78, 5) is 16.1. The van der Waals surface area contributed by atoms with Gasteiger partial charge in [-0.25, -0.2) is 4.79 Å². The summed E-state index contributed by atoms with van der Waals surface area (Å²) in [7, 11) is 0. The van der Waals surface area contributed by atoms with Gasteiger partial charge in [0, 0.05) is 39.3 Å².